The Morgan fingerprint density at radius 3 is 2.38 bits per heavy atom. The minimum absolute atomic E-state index is 0.171. The topological polar surface area (TPSA) is 60.2 Å². The summed E-state index contributed by atoms with van der Waals surface area (Å²) in [5.74, 6) is 0.543. The predicted octanol–water partition coefficient (Wildman–Crippen LogP) is 1.80. The average Bonchev–Trinajstić information content (AvgIpc) is 2.15. The van der Waals surface area contributed by atoms with E-state index < -0.39 is 0 Å². The summed E-state index contributed by atoms with van der Waals surface area (Å²) in [6.45, 7) is 0. The Morgan fingerprint density at radius 1 is 1.31 bits per heavy atom. The van der Waals surface area contributed by atoms with Crippen LogP contribution in [0.15, 0.2) is 0 Å². The number of hydrogen-bond donors (Lipinski definition) is 0. The zero-order valence-electron chi connectivity index (χ0n) is 7.65. The highest BCUT2D eigenvalue weighted by molar-refractivity contribution is 5.49. The summed E-state index contributed by atoms with van der Waals surface area (Å²) in [5.41, 5.74) is 0. The highest BCUT2D eigenvalue weighted by Crippen LogP contribution is 2.28. The number of nitro groups is 1. The molecular formula is C9H15NO3. The van der Waals surface area contributed by atoms with Crippen LogP contribution in [-0.4, -0.2) is 17.3 Å². The largest absolute Gasteiger partial charge is 0.303 e. The fourth-order valence-corrected chi connectivity index (χ4v) is 1.95. The molecular weight excluding hydrogens is 170 g/mol. The monoisotopic (exact) mass is 185 g/mol. The lowest BCUT2D eigenvalue weighted by Crippen LogP contribution is -2.25. The molecule has 0 bridgehead atoms. The van der Waals surface area contributed by atoms with Gasteiger partial charge >= 0.3 is 0 Å². The molecule has 0 N–H and O–H groups in total. The van der Waals surface area contributed by atoms with E-state index in [0.717, 1.165) is 25.5 Å². The Balaban J connectivity index is 2.22. The smallest absolute Gasteiger partial charge is 0.213 e. The van der Waals surface area contributed by atoms with E-state index in [1.54, 1.807) is 0 Å². The van der Waals surface area contributed by atoms with Gasteiger partial charge in [-0.15, -0.1) is 0 Å². The number of carbonyl (C=O) groups excluding carboxylic acids is 1. The molecule has 1 aliphatic rings. The Bertz CT molecular complexity index is 185. The summed E-state index contributed by atoms with van der Waals surface area (Å²) in [7, 11) is 0. The lowest BCUT2D eigenvalue weighted by Gasteiger charge is -2.22. The van der Waals surface area contributed by atoms with E-state index in [0.29, 0.717) is 25.2 Å². The maximum atomic E-state index is 10.4. The van der Waals surface area contributed by atoms with Gasteiger partial charge in [0, 0.05) is 24.2 Å². The fourth-order valence-electron chi connectivity index (χ4n) is 1.95. The van der Waals surface area contributed by atoms with Crippen LogP contribution in [0.3, 0.4) is 0 Å². The van der Waals surface area contributed by atoms with E-state index in [1.165, 1.54) is 0 Å². The van der Waals surface area contributed by atoms with Gasteiger partial charge in [0.1, 0.15) is 6.29 Å². The average molecular weight is 185 g/mol. The molecule has 1 rings (SSSR count). The third-order valence-corrected chi connectivity index (χ3v) is 2.81. The lowest BCUT2D eigenvalue weighted by atomic mass is 9.84. The quantitative estimate of drug-likeness (QED) is 0.381. The molecule has 0 radical (unpaired) electrons. The first-order valence-electron chi connectivity index (χ1n) is 4.81. The maximum absolute atomic E-state index is 10.4. The first-order valence-corrected chi connectivity index (χ1v) is 4.81. The van der Waals surface area contributed by atoms with Crippen LogP contribution in [0.2, 0.25) is 0 Å². The SMILES string of the molecule is O=CCCC1CCC([N+](=O)[O-])CC1. The number of rotatable bonds is 4. The van der Waals surface area contributed by atoms with Gasteiger partial charge in [-0.1, -0.05) is 0 Å². The summed E-state index contributed by atoms with van der Waals surface area (Å²) >= 11 is 0. The van der Waals surface area contributed by atoms with Crippen molar-refractivity contribution in [3.8, 4) is 0 Å². The molecule has 0 heterocycles. The van der Waals surface area contributed by atoms with Gasteiger partial charge in [0.2, 0.25) is 6.04 Å². The van der Waals surface area contributed by atoms with Gasteiger partial charge in [-0.2, -0.15) is 0 Å². The van der Waals surface area contributed by atoms with Crippen LogP contribution in [0.1, 0.15) is 38.5 Å². The molecule has 4 nitrogen and oxygen atoms in total. The van der Waals surface area contributed by atoms with Crippen LogP contribution in [0, 0.1) is 16.0 Å². The van der Waals surface area contributed by atoms with E-state index in [2.05, 4.69) is 0 Å². The zero-order valence-corrected chi connectivity index (χ0v) is 7.65. The highest BCUT2D eigenvalue weighted by Gasteiger charge is 2.27. The zero-order chi connectivity index (χ0) is 9.68. The van der Waals surface area contributed by atoms with Crippen LogP contribution in [-0.2, 0) is 4.79 Å². The molecule has 4 heteroatoms. The van der Waals surface area contributed by atoms with Gasteiger partial charge in [0.25, 0.3) is 0 Å². The molecule has 0 spiro atoms. The first-order chi connectivity index (χ1) is 6.24. The van der Waals surface area contributed by atoms with Gasteiger partial charge in [-0.3, -0.25) is 10.1 Å². The molecule has 1 fully saturated rings. The molecule has 0 saturated heterocycles. The minimum Gasteiger partial charge on any atom is -0.303 e. The van der Waals surface area contributed by atoms with Crippen molar-refractivity contribution in [2.75, 3.05) is 0 Å². The Labute approximate surface area is 77.5 Å². The lowest BCUT2D eigenvalue weighted by molar-refractivity contribution is -0.527. The molecule has 0 aromatic carbocycles. The molecule has 0 amide bonds. The van der Waals surface area contributed by atoms with Crippen molar-refractivity contribution in [3.63, 3.8) is 0 Å². The van der Waals surface area contributed by atoms with Gasteiger partial charge in [-0.25, -0.2) is 0 Å². The molecule has 74 valence electrons. The Morgan fingerprint density at radius 2 is 1.92 bits per heavy atom. The summed E-state index contributed by atoms with van der Waals surface area (Å²) in [6.07, 6.45) is 5.66. The second kappa shape index (κ2) is 4.94. The van der Waals surface area contributed by atoms with Crippen LogP contribution in [0.4, 0.5) is 0 Å². The second-order valence-corrected chi connectivity index (χ2v) is 3.70. The van der Waals surface area contributed by atoms with E-state index in [-0.39, 0.29) is 11.0 Å². The summed E-state index contributed by atoms with van der Waals surface area (Å²) in [5, 5.41) is 10.4. The minimum atomic E-state index is -0.326. The molecule has 1 saturated carbocycles. The van der Waals surface area contributed by atoms with Crippen molar-refractivity contribution in [1.29, 1.82) is 0 Å². The van der Waals surface area contributed by atoms with Gasteiger partial charge in [0.15, 0.2) is 0 Å². The number of nitrogens with zero attached hydrogens (tertiary/aromatic N) is 1. The van der Waals surface area contributed by atoms with Crippen LogP contribution >= 0.6 is 0 Å². The van der Waals surface area contributed by atoms with Crippen molar-refractivity contribution in [2.45, 2.75) is 44.6 Å². The van der Waals surface area contributed by atoms with Gasteiger partial charge in [0.05, 0.1) is 0 Å². The molecule has 0 atom stereocenters. The summed E-state index contributed by atoms with van der Waals surface area (Å²) < 4.78 is 0. The number of hydrogen-bond acceptors (Lipinski definition) is 3. The number of aldehydes is 1. The second-order valence-electron chi connectivity index (χ2n) is 3.70. The van der Waals surface area contributed by atoms with Crippen molar-refractivity contribution in [1.82, 2.24) is 0 Å². The normalized spacial score (nSPS) is 28.3. The molecule has 0 aromatic rings. The van der Waals surface area contributed by atoms with Gasteiger partial charge in [-0.05, 0) is 25.2 Å². The Hall–Kier alpha value is -0.930. The van der Waals surface area contributed by atoms with E-state index in [4.69, 9.17) is 0 Å². The summed E-state index contributed by atoms with van der Waals surface area (Å²) in [4.78, 5) is 20.4. The van der Waals surface area contributed by atoms with Crippen LogP contribution in [0.5, 0.6) is 0 Å². The maximum Gasteiger partial charge on any atom is 0.213 e. The standard InChI is InChI=1S/C9H15NO3/c11-7-1-2-8-3-5-9(6-4-8)10(12)13/h7-9H,1-6H2. The third kappa shape index (κ3) is 3.13. The van der Waals surface area contributed by atoms with Crippen LogP contribution < -0.4 is 0 Å². The van der Waals surface area contributed by atoms with Crippen molar-refractivity contribution >= 4 is 6.29 Å². The van der Waals surface area contributed by atoms with E-state index >= 15 is 0 Å². The van der Waals surface area contributed by atoms with Crippen molar-refractivity contribution < 1.29 is 9.72 Å². The molecule has 0 aliphatic heterocycles. The van der Waals surface area contributed by atoms with E-state index in [9.17, 15) is 14.9 Å². The van der Waals surface area contributed by atoms with Crippen molar-refractivity contribution in [3.05, 3.63) is 10.1 Å². The fraction of sp³-hybridized carbons (Fsp3) is 0.889. The number of carbonyl (C=O) groups is 1. The molecule has 1 aliphatic carbocycles. The van der Waals surface area contributed by atoms with Crippen LogP contribution in [0.25, 0.3) is 0 Å². The third-order valence-electron chi connectivity index (χ3n) is 2.81. The summed E-state index contributed by atoms with van der Waals surface area (Å²) in [6, 6.07) is -0.326. The Kier molecular flexibility index (Phi) is 3.86. The van der Waals surface area contributed by atoms with Gasteiger partial charge < -0.3 is 4.79 Å². The molecule has 0 unspecified atom stereocenters. The molecule has 0 aromatic heterocycles. The predicted molar refractivity (Wildman–Crippen MR) is 48.0 cm³/mol. The van der Waals surface area contributed by atoms with Crippen molar-refractivity contribution in [2.24, 2.45) is 5.92 Å². The molecule has 13 heavy (non-hydrogen) atoms. The highest BCUT2D eigenvalue weighted by atomic mass is 16.6. The van der Waals surface area contributed by atoms with E-state index in [1.807, 2.05) is 0 Å². The first kappa shape index (κ1) is 10.2.